The van der Waals surface area contributed by atoms with Crippen LogP contribution in [-0.2, 0) is 10.8 Å². The summed E-state index contributed by atoms with van der Waals surface area (Å²) in [6.07, 6.45) is 7.60. The van der Waals surface area contributed by atoms with Crippen LogP contribution < -0.4 is 0 Å². The second-order valence-electron chi connectivity index (χ2n) is 18.3. The number of hydrogen-bond acceptors (Lipinski definition) is 4. The van der Waals surface area contributed by atoms with Gasteiger partial charge in [0.25, 0.3) is 0 Å². The SMILES string of the molecule is Cc1ccnc(-n2c3ccccc3c3ccc(C(C)(C)c4cccc(-c5cnc(-c6cccc(C(C)(C)c7ccc8c9ccccc9n(-c9cc(C)ccn9)c8c7)c6)cn5)c4)cc32)c1. The van der Waals surface area contributed by atoms with Gasteiger partial charge in [0, 0.05) is 55.9 Å². The molecule has 0 N–H and O–H groups in total. The standard InChI is InChI=1S/C58H48N6/c1-37-25-27-59-55(29-37)63-51-19-9-7-17-45(51)47-23-21-43(33-53(47)63)57(3,4)41-15-11-13-39(31-41)49-35-62-50(36-61-49)40-14-12-16-42(32-40)58(5,6)44-22-24-48-46-18-8-10-20-52(46)64(54(48)34-44)56-30-38(2)26-28-60-56/h7-36H,1-6H3. The van der Waals surface area contributed by atoms with Crippen molar-refractivity contribution in [2.45, 2.75) is 52.4 Å². The van der Waals surface area contributed by atoms with E-state index in [1.54, 1.807) is 0 Å². The van der Waals surface area contributed by atoms with Crippen LogP contribution in [0.2, 0.25) is 0 Å². The molecule has 6 heteroatoms. The van der Waals surface area contributed by atoms with Crippen molar-refractivity contribution in [1.82, 2.24) is 29.1 Å². The Bertz CT molecular complexity index is 3350. The molecule has 5 aromatic heterocycles. The predicted molar refractivity (Wildman–Crippen MR) is 264 cm³/mol. The number of nitrogens with zero attached hydrogens (tertiary/aromatic N) is 6. The van der Waals surface area contributed by atoms with Crippen molar-refractivity contribution in [2.75, 3.05) is 0 Å². The molecular weight excluding hydrogens is 781 g/mol. The monoisotopic (exact) mass is 828 g/mol. The van der Waals surface area contributed by atoms with E-state index < -0.39 is 0 Å². The molecule has 0 saturated carbocycles. The lowest BCUT2D eigenvalue weighted by molar-refractivity contribution is 0.641. The number of aryl methyl sites for hydroxylation is 2. The quantitative estimate of drug-likeness (QED) is 0.153. The molecule has 6 aromatic carbocycles. The number of fused-ring (bicyclic) bond motifs is 6. The van der Waals surface area contributed by atoms with Gasteiger partial charge in [0.1, 0.15) is 11.6 Å². The van der Waals surface area contributed by atoms with Crippen LogP contribution in [0.25, 0.3) is 77.8 Å². The Hall–Kier alpha value is -7.70. The van der Waals surface area contributed by atoms with Crippen molar-refractivity contribution in [3.8, 4) is 34.2 Å². The summed E-state index contributed by atoms with van der Waals surface area (Å²) in [6, 6.07) is 56.9. The fourth-order valence-corrected chi connectivity index (χ4v) is 9.59. The minimum Gasteiger partial charge on any atom is -0.294 e. The third-order valence-corrected chi connectivity index (χ3v) is 13.5. The minimum atomic E-state index is -0.301. The molecule has 5 heterocycles. The van der Waals surface area contributed by atoms with Crippen LogP contribution in [0.3, 0.4) is 0 Å². The highest BCUT2D eigenvalue weighted by atomic mass is 15.1. The minimum absolute atomic E-state index is 0.301. The Morgan fingerprint density at radius 2 is 0.766 bits per heavy atom. The highest BCUT2D eigenvalue weighted by molar-refractivity contribution is 6.10. The number of hydrogen-bond donors (Lipinski definition) is 0. The molecule has 0 amide bonds. The Kier molecular flexibility index (Phi) is 9.17. The molecule has 11 aromatic rings. The van der Waals surface area contributed by atoms with Crippen molar-refractivity contribution in [3.05, 3.63) is 216 Å². The number of aromatic nitrogens is 6. The van der Waals surface area contributed by atoms with Gasteiger partial charge in [-0.25, -0.2) is 9.97 Å². The Morgan fingerprint density at radius 1 is 0.359 bits per heavy atom. The van der Waals surface area contributed by atoms with E-state index >= 15 is 0 Å². The molecule has 0 aliphatic rings. The van der Waals surface area contributed by atoms with Gasteiger partial charge in [0.15, 0.2) is 0 Å². The highest BCUT2D eigenvalue weighted by Crippen LogP contribution is 2.41. The summed E-state index contributed by atoms with van der Waals surface area (Å²) in [6.45, 7) is 13.4. The van der Waals surface area contributed by atoms with Gasteiger partial charge in [-0.3, -0.25) is 19.1 Å². The van der Waals surface area contributed by atoms with E-state index in [1.165, 1.54) is 54.9 Å². The molecule has 0 saturated heterocycles. The molecule has 0 aliphatic carbocycles. The molecule has 6 nitrogen and oxygen atoms in total. The normalized spacial score (nSPS) is 12.2. The molecule has 310 valence electrons. The number of rotatable bonds is 8. The van der Waals surface area contributed by atoms with Crippen LogP contribution in [0.1, 0.15) is 61.1 Å². The van der Waals surface area contributed by atoms with E-state index in [0.29, 0.717) is 0 Å². The molecule has 0 spiro atoms. The fraction of sp³-hybridized carbons (Fsp3) is 0.138. The highest BCUT2D eigenvalue weighted by Gasteiger charge is 2.27. The molecule has 11 rings (SSSR count). The fourth-order valence-electron chi connectivity index (χ4n) is 9.59. The summed E-state index contributed by atoms with van der Waals surface area (Å²) < 4.78 is 4.59. The third-order valence-electron chi connectivity index (χ3n) is 13.5. The first-order chi connectivity index (χ1) is 31.0. The maximum absolute atomic E-state index is 5.01. The summed E-state index contributed by atoms with van der Waals surface area (Å²) in [5, 5.41) is 4.88. The van der Waals surface area contributed by atoms with E-state index in [9.17, 15) is 0 Å². The molecule has 0 fully saturated rings. The number of benzene rings is 6. The zero-order chi connectivity index (χ0) is 43.7. The van der Waals surface area contributed by atoms with Crippen LogP contribution in [0.4, 0.5) is 0 Å². The van der Waals surface area contributed by atoms with E-state index in [4.69, 9.17) is 19.9 Å². The summed E-state index contributed by atoms with van der Waals surface area (Å²) in [5.74, 6) is 1.85. The summed E-state index contributed by atoms with van der Waals surface area (Å²) in [5.41, 5.74) is 15.0. The van der Waals surface area contributed by atoms with Crippen LogP contribution in [-0.4, -0.2) is 29.1 Å². The number of para-hydroxylation sites is 2. The van der Waals surface area contributed by atoms with Crippen molar-refractivity contribution in [3.63, 3.8) is 0 Å². The average molecular weight is 829 g/mol. The zero-order valence-corrected chi connectivity index (χ0v) is 37.0. The van der Waals surface area contributed by atoms with Gasteiger partial charge >= 0.3 is 0 Å². The predicted octanol–water partition coefficient (Wildman–Crippen LogP) is 14.1. The Morgan fingerprint density at radius 3 is 1.19 bits per heavy atom. The van der Waals surface area contributed by atoms with Crippen LogP contribution in [0.15, 0.2) is 183 Å². The molecule has 0 radical (unpaired) electrons. The molecular formula is C58H48N6. The first-order valence-corrected chi connectivity index (χ1v) is 22.0. The van der Waals surface area contributed by atoms with Gasteiger partial charge in [-0.15, -0.1) is 0 Å². The van der Waals surface area contributed by atoms with Gasteiger partial charge in [-0.1, -0.05) is 125 Å². The molecule has 0 unspecified atom stereocenters. The van der Waals surface area contributed by atoms with E-state index in [1.807, 2.05) is 36.9 Å². The Balaban J connectivity index is 0.899. The van der Waals surface area contributed by atoms with Gasteiger partial charge in [-0.2, -0.15) is 0 Å². The first kappa shape index (κ1) is 39.2. The largest absolute Gasteiger partial charge is 0.294 e. The van der Waals surface area contributed by atoms with E-state index in [2.05, 4.69) is 196 Å². The molecule has 64 heavy (non-hydrogen) atoms. The smallest absolute Gasteiger partial charge is 0.137 e. The van der Waals surface area contributed by atoms with Crippen LogP contribution in [0, 0.1) is 13.8 Å². The van der Waals surface area contributed by atoms with Crippen molar-refractivity contribution in [1.29, 1.82) is 0 Å². The van der Waals surface area contributed by atoms with Gasteiger partial charge < -0.3 is 0 Å². The zero-order valence-electron chi connectivity index (χ0n) is 37.0. The number of pyridine rings is 2. The second kappa shape index (κ2) is 15.0. The maximum Gasteiger partial charge on any atom is 0.137 e. The lowest BCUT2D eigenvalue weighted by Crippen LogP contribution is -2.19. The lowest BCUT2D eigenvalue weighted by Gasteiger charge is -2.27. The summed E-state index contributed by atoms with van der Waals surface area (Å²) >= 11 is 0. The lowest BCUT2D eigenvalue weighted by atomic mass is 9.77. The van der Waals surface area contributed by atoms with E-state index in [0.717, 1.165) is 56.2 Å². The topological polar surface area (TPSA) is 61.4 Å². The van der Waals surface area contributed by atoms with Crippen molar-refractivity contribution < 1.29 is 0 Å². The molecule has 0 bridgehead atoms. The van der Waals surface area contributed by atoms with Crippen LogP contribution >= 0.6 is 0 Å². The van der Waals surface area contributed by atoms with Crippen molar-refractivity contribution in [2.24, 2.45) is 0 Å². The molecule has 0 aliphatic heterocycles. The van der Waals surface area contributed by atoms with E-state index in [-0.39, 0.29) is 10.8 Å². The average Bonchev–Trinajstić information content (AvgIpc) is 3.84. The van der Waals surface area contributed by atoms with Gasteiger partial charge in [0.05, 0.1) is 45.8 Å². The second-order valence-corrected chi connectivity index (χ2v) is 18.3. The maximum atomic E-state index is 5.01. The van der Waals surface area contributed by atoms with Gasteiger partial charge in [-0.05, 0) is 108 Å². The van der Waals surface area contributed by atoms with Crippen molar-refractivity contribution >= 4 is 43.6 Å². The van der Waals surface area contributed by atoms with Crippen LogP contribution in [0.5, 0.6) is 0 Å². The summed E-state index contributed by atoms with van der Waals surface area (Å²) in [4.78, 5) is 19.6. The Labute approximate surface area is 373 Å². The molecule has 0 atom stereocenters. The first-order valence-electron chi connectivity index (χ1n) is 22.0. The summed E-state index contributed by atoms with van der Waals surface area (Å²) in [7, 11) is 0. The van der Waals surface area contributed by atoms with Gasteiger partial charge in [0.2, 0.25) is 0 Å². The third kappa shape index (κ3) is 6.48.